The molecule has 0 saturated carbocycles. The maximum atomic E-state index is 12.3. The van der Waals surface area contributed by atoms with Crippen molar-refractivity contribution in [2.45, 2.75) is 25.8 Å². The molecule has 1 atom stereocenters. The Morgan fingerprint density at radius 2 is 2.23 bits per heavy atom. The highest BCUT2D eigenvalue weighted by atomic mass is 32.2. The molecule has 5 nitrogen and oxygen atoms in total. The molecule has 0 aliphatic carbocycles. The van der Waals surface area contributed by atoms with Gasteiger partial charge in [-0.2, -0.15) is 0 Å². The van der Waals surface area contributed by atoms with Crippen LogP contribution in [0.4, 0.5) is 0 Å². The number of fused-ring (bicyclic) bond motifs is 1. The number of thioether (sulfide) groups is 1. The molecule has 2 heterocycles. The minimum absolute atomic E-state index is 0.0138. The predicted octanol–water partition coefficient (Wildman–Crippen LogP) is 1.74. The summed E-state index contributed by atoms with van der Waals surface area (Å²) in [4.78, 5) is 30.2. The lowest BCUT2D eigenvalue weighted by Gasteiger charge is -2.36. The third kappa shape index (κ3) is 3.16. The molecule has 2 aliphatic rings. The lowest BCUT2D eigenvalue weighted by Crippen LogP contribution is -2.41. The molecule has 6 heteroatoms. The van der Waals surface area contributed by atoms with E-state index in [0.717, 1.165) is 24.3 Å². The number of benzene rings is 1. The van der Waals surface area contributed by atoms with Crippen LogP contribution in [0.3, 0.4) is 0 Å². The number of aliphatic imine (C=N–C) groups is 1. The maximum Gasteiger partial charge on any atom is 0.228 e. The van der Waals surface area contributed by atoms with Crippen LogP contribution in [0.25, 0.3) is 0 Å². The van der Waals surface area contributed by atoms with Crippen molar-refractivity contribution in [1.82, 2.24) is 10.2 Å². The fourth-order valence-electron chi connectivity index (χ4n) is 3.01. The summed E-state index contributed by atoms with van der Waals surface area (Å²) in [6.07, 6.45) is 1.12. The van der Waals surface area contributed by atoms with Crippen LogP contribution in [0.15, 0.2) is 29.3 Å². The number of rotatable bonds is 2. The first kappa shape index (κ1) is 15.1. The maximum absolute atomic E-state index is 12.3. The van der Waals surface area contributed by atoms with E-state index in [1.165, 1.54) is 5.56 Å². The van der Waals surface area contributed by atoms with Gasteiger partial charge < -0.3 is 10.2 Å². The second kappa shape index (κ2) is 6.52. The molecule has 1 aromatic carbocycles. The molecular weight excluding hydrogens is 298 g/mol. The molecule has 0 bridgehead atoms. The van der Waals surface area contributed by atoms with E-state index in [2.05, 4.69) is 16.4 Å². The average molecular weight is 317 g/mol. The monoisotopic (exact) mass is 317 g/mol. The molecule has 22 heavy (non-hydrogen) atoms. The van der Waals surface area contributed by atoms with Crippen molar-refractivity contribution in [3.63, 3.8) is 0 Å². The Kier molecular flexibility index (Phi) is 4.47. The van der Waals surface area contributed by atoms with Crippen LogP contribution in [0, 0.1) is 0 Å². The van der Waals surface area contributed by atoms with Crippen molar-refractivity contribution in [3.8, 4) is 0 Å². The number of hydrogen-bond donors (Lipinski definition) is 1. The lowest BCUT2D eigenvalue weighted by atomic mass is 9.90. The third-order valence-corrected chi connectivity index (χ3v) is 4.92. The second-order valence-corrected chi connectivity index (χ2v) is 6.55. The standard InChI is InChI=1S/C16H19N3O2S/c1-11(20)19-8-6-12-4-2-3-5-13(12)14(19)10-15(21)18-16-17-7-9-22-16/h2-5,14H,6-10H2,1H3,(H,17,18,21). The van der Waals surface area contributed by atoms with Gasteiger partial charge in [0.25, 0.3) is 0 Å². The Bertz CT molecular complexity index is 630. The highest BCUT2D eigenvalue weighted by molar-refractivity contribution is 8.14. The average Bonchev–Trinajstić information content (AvgIpc) is 3.00. The molecule has 1 unspecified atom stereocenters. The summed E-state index contributed by atoms with van der Waals surface area (Å²) in [5.41, 5.74) is 2.31. The first-order chi connectivity index (χ1) is 10.6. The highest BCUT2D eigenvalue weighted by Crippen LogP contribution is 2.32. The van der Waals surface area contributed by atoms with Gasteiger partial charge in [-0.25, -0.2) is 0 Å². The van der Waals surface area contributed by atoms with Crippen LogP contribution < -0.4 is 5.32 Å². The zero-order valence-corrected chi connectivity index (χ0v) is 13.4. The van der Waals surface area contributed by atoms with Crippen molar-refractivity contribution in [2.24, 2.45) is 4.99 Å². The zero-order valence-electron chi connectivity index (χ0n) is 12.5. The molecule has 3 rings (SSSR count). The van der Waals surface area contributed by atoms with Crippen LogP contribution in [0.5, 0.6) is 0 Å². The number of nitrogens with one attached hydrogen (secondary N) is 1. The summed E-state index contributed by atoms with van der Waals surface area (Å²) in [6.45, 7) is 2.99. The normalized spacial score (nSPS) is 20.3. The van der Waals surface area contributed by atoms with Crippen molar-refractivity contribution < 1.29 is 9.59 Å². The minimum Gasteiger partial charge on any atom is -0.335 e. The summed E-state index contributed by atoms with van der Waals surface area (Å²) < 4.78 is 0. The van der Waals surface area contributed by atoms with Crippen molar-refractivity contribution in [3.05, 3.63) is 35.4 Å². The van der Waals surface area contributed by atoms with Crippen LogP contribution in [0.2, 0.25) is 0 Å². The molecule has 1 N–H and O–H groups in total. The smallest absolute Gasteiger partial charge is 0.228 e. The number of carbonyl (C=O) groups is 2. The van der Waals surface area contributed by atoms with Crippen molar-refractivity contribution >= 4 is 28.7 Å². The molecule has 1 aromatic rings. The van der Waals surface area contributed by atoms with Crippen LogP contribution in [-0.4, -0.2) is 40.7 Å². The van der Waals surface area contributed by atoms with E-state index in [0.29, 0.717) is 11.7 Å². The summed E-state index contributed by atoms with van der Waals surface area (Å²) >= 11 is 1.56. The third-order valence-electron chi connectivity index (χ3n) is 4.03. The first-order valence-electron chi connectivity index (χ1n) is 7.47. The fraction of sp³-hybridized carbons (Fsp3) is 0.438. The number of amidine groups is 1. The second-order valence-electron chi connectivity index (χ2n) is 5.46. The van der Waals surface area contributed by atoms with Gasteiger partial charge >= 0.3 is 0 Å². The Morgan fingerprint density at radius 1 is 1.41 bits per heavy atom. The molecular formula is C16H19N3O2S. The lowest BCUT2D eigenvalue weighted by molar-refractivity contribution is -0.133. The van der Waals surface area contributed by atoms with Gasteiger partial charge in [0.15, 0.2) is 5.17 Å². The van der Waals surface area contributed by atoms with Gasteiger partial charge in [-0.05, 0) is 17.5 Å². The van der Waals surface area contributed by atoms with E-state index in [9.17, 15) is 9.59 Å². The first-order valence-corrected chi connectivity index (χ1v) is 8.46. The minimum atomic E-state index is -0.186. The van der Waals surface area contributed by atoms with Gasteiger partial charge in [-0.3, -0.25) is 14.6 Å². The zero-order chi connectivity index (χ0) is 15.5. The topological polar surface area (TPSA) is 61.8 Å². The van der Waals surface area contributed by atoms with Gasteiger partial charge in [0.1, 0.15) is 0 Å². The molecule has 0 spiro atoms. The van der Waals surface area contributed by atoms with E-state index in [1.54, 1.807) is 23.6 Å². The van der Waals surface area contributed by atoms with Gasteiger partial charge in [0.05, 0.1) is 19.0 Å². The molecule has 0 aromatic heterocycles. The van der Waals surface area contributed by atoms with Crippen LogP contribution in [0.1, 0.15) is 30.5 Å². The molecule has 0 fully saturated rings. The van der Waals surface area contributed by atoms with E-state index in [1.807, 2.05) is 18.2 Å². The van der Waals surface area contributed by atoms with E-state index >= 15 is 0 Å². The van der Waals surface area contributed by atoms with Crippen molar-refractivity contribution in [2.75, 3.05) is 18.8 Å². The van der Waals surface area contributed by atoms with Gasteiger partial charge in [0.2, 0.25) is 11.8 Å². The van der Waals surface area contributed by atoms with E-state index in [4.69, 9.17) is 0 Å². The highest BCUT2D eigenvalue weighted by Gasteiger charge is 2.30. The Balaban J connectivity index is 1.78. The summed E-state index contributed by atoms with van der Waals surface area (Å²) in [5, 5.41) is 3.55. The summed E-state index contributed by atoms with van der Waals surface area (Å²) in [5.74, 6) is 0.850. The Hall–Kier alpha value is -1.82. The SMILES string of the molecule is CC(=O)N1CCc2ccccc2C1CC(=O)NC1=NCCS1. The molecule has 0 radical (unpaired) electrons. The molecule has 2 amide bonds. The fourth-order valence-corrected chi connectivity index (χ4v) is 3.75. The Labute approximate surface area is 134 Å². The van der Waals surface area contributed by atoms with Gasteiger partial charge in [0, 0.05) is 19.2 Å². The number of nitrogens with zero attached hydrogens (tertiary/aromatic N) is 2. The van der Waals surface area contributed by atoms with Gasteiger partial charge in [-0.1, -0.05) is 36.0 Å². The molecule has 2 aliphatic heterocycles. The summed E-state index contributed by atoms with van der Waals surface area (Å²) in [7, 11) is 0. The number of amides is 2. The largest absolute Gasteiger partial charge is 0.335 e. The van der Waals surface area contributed by atoms with Crippen LogP contribution in [-0.2, 0) is 16.0 Å². The molecule has 116 valence electrons. The van der Waals surface area contributed by atoms with E-state index < -0.39 is 0 Å². The number of carbonyl (C=O) groups excluding carboxylic acids is 2. The molecule has 0 saturated heterocycles. The predicted molar refractivity (Wildman–Crippen MR) is 87.8 cm³/mol. The quantitative estimate of drug-likeness (QED) is 0.904. The Morgan fingerprint density at radius 3 is 2.95 bits per heavy atom. The number of hydrogen-bond acceptors (Lipinski definition) is 4. The van der Waals surface area contributed by atoms with Crippen molar-refractivity contribution in [1.29, 1.82) is 0 Å². The summed E-state index contributed by atoms with van der Waals surface area (Å²) in [6, 6.07) is 7.88. The van der Waals surface area contributed by atoms with E-state index in [-0.39, 0.29) is 24.3 Å². The van der Waals surface area contributed by atoms with Crippen LogP contribution >= 0.6 is 11.8 Å². The van der Waals surface area contributed by atoms with Gasteiger partial charge in [-0.15, -0.1) is 0 Å².